The largest absolute Gasteiger partial charge is 0.480 e. The highest BCUT2D eigenvalue weighted by Crippen LogP contribution is 2.18. The van der Waals surface area contributed by atoms with Crippen molar-refractivity contribution < 1.29 is 9.90 Å². The second-order valence-corrected chi connectivity index (χ2v) is 3.81. The molecule has 0 saturated heterocycles. The molecule has 0 aliphatic carbocycles. The molecule has 0 radical (unpaired) electrons. The number of carboxylic acids is 1. The lowest BCUT2D eigenvalue weighted by molar-refractivity contribution is -0.137. The predicted molar refractivity (Wildman–Crippen MR) is 55.1 cm³/mol. The zero-order valence-electron chi connectivity index (χ0n) is 7.14. The fourth-order valence-corrected chi connectivity index (χ4v) is 1.64. The molecule has 72 valence electrons. The number of aliphatic carboxylic acids is 1. The molecule has 0 fully saturated rings. The first-order chi connectivity index (χ1) is 6.66. The Labute approximate surface area is 88.3 Å². The molecule has 0 atom stereocenters. The van der Waals surface area contributed by atoms with E-state index in [1.54, 1.807) is 23.0 Å². The third-order valence-corrected chi connectivity index (χ3v) is 2.33. The van der Waals surface area contributed by atoms with Crippen LogP contribution < -0.4 is 0 Å². The van der Waals surface area contributed by atoms with Crippen molar-refractivity contribution in [2.75, 3.05) is 0 Å². The molecule has 0 spiro atoms. The Morgan fingerprint density at radius 1 is 1.64 bits per heavy atom. The summed E-state index contributed by atoms with van der Waals surface area (Å²) in [6.07, 6.45) is 3.41. The van der Waals surface area contributed by atoms with E-state index in [0.717, 1.165) is 15.5 Å². The zero-order chi connectivity index (χ0) is 10.1. The predicted octanol–water partition coefficient (Wildman–Crippen LogP) is 1.88. The highest BCUT2D eigenvalue weighted by Gasteiger charge is 2.05. The van der Waals surface area contributed by atoms with Gasteiger partial charge >= 0.3 is 5.97 Å². The molecule has 0 bridgehead atoms. The van der Waals surface area contributed by atoms with Crippen molar-refractivity contribution in [3.8, 4) is 0 Å². The summed E-state index contributed by atoms with van der Waals surface area (Å²) in [5.41, 5.74) is 1.62. The molecule has 0 saturated carbocycles. The molecule has 0 aliphatic rings. The van der Waals surface area contributed by atoms with Crippen molar-refractivity contribution in [1.82, 2.24) is 9.55 Å². The van der Waals surface area contributed by atoms with Gasteiger partial charge in [-0.2, -0.15) is 0 Å². The summed E-state index contributed by atoms with van der Waals surface area (Å²) in [5.74, 6) is -0.859. The summed E-state index contributed by atoms with van der Waals surface area (Å²) in [6, 6.07) is 3.65. The fraction of sp³-hybridized carbons (Fsp3) is 0.111. The number of carboxylic acid groups (broad SMARTS) is 1. The Kier molecular flexibility index (Phi) is 2.25. The van der Waals surface area contributed by atoms with E-state index in [4.69, 9.17) is 5.11 Å². The van der Waals surface area contributed by atoms with Gasteiger partial charge in [-0.15, -0.1) is 0 Å². The molecule has 2 aromatic rings. The smallest absolute Gasteiger partial charge is 0.323 e. The number of halogens is 1. The molecule has 4 nitrogen and oxygen atoms in total. The van der Waals surface area contributed by atoms with Crippen molar-refractivity contribution in [3.05, 3.63) is 29.0 Å². The van der Waals surface area contributed by atoms with Gasteiger partial charge < -0.3 is 9.67 Å². The molecule has 0 aliphatic heterocycles. The second-order valence-electron chi connectivity index (χ2n) is 2.90. The zero-order valence-corrected chi connectivity index (χ0v) is 8.73. The van der Waals surface area contributed by atoms with Gasteiger partial charge in [0.1, 0.15) is 6.54 Å². The molecule has 1 N–H and O–H groups in total. The Hall–Kier alpha value is -1.36. The van der Waals surface area contributed by atoms with E-state index in [0.29, 0.717) is 0 Å². The maximum atomic E-state index is 10.5. The maximum absolute atomic E-state index is 10.5. The number of nitrogens with zero attached hydrogens (tertiary/aromatic N) is 2. The summed E-state index contributed by atoms with van der Waals surface area (Å²) in [7, 11) is 0. The summed E-state index contributed by atoms with van der Waals surface area (Å²) in [4.78, 5) is 14.7. The average Bonchev–Trinajstić information content (AvgIpc) is 2.47. The van der Waals surface area contributed by atoms with Crippen molar-refractivity contribution in [3.63, 3.8) is 0 Å². The summed E-state index contributed by atoms with van der Waals surface area (Å²) in [5, 5.41) is 8.66. The van der Waals surface area contributed by atoms with Gasteiger partial charge in [-0.3, -0.25) is 9.78 Å². The van der Waals surface area contributed by atoms with Gasteiger partial charge in [0.2, 0.25) is 0 Å². The first-order valence-corrected chi connectivity index (χ1v) is 4.78. The summed E-state index contributed by atoms with van der Waals surface area (Å²) >= 11 is 3.29. The van der Waals surface area contributed by atoms with Crippen LogP contribution in [0, 0.1) is 0 Å². The van der Waals surface area contributed by atoms with Gasteiger partial charge in [-0.1, -0.05) is 0 Å². The molecular formula is C9H7BrN2O2. The van der Waals surface area contributed by atoms with Gasteiger partial charge in [-0.25, -0.2) is 0 Å². The number of hydrogen-bond acceptors (Lipinski definition) is 2. The van der Waals surface area contributed by atoms with E-state index in [9.17, 15) is 4.79 Å². The van der Waals surface area contributed by atoms with Crippen molar-refractivity contribution in [2.45, 2.75) is 6.54 Å². The third kappa shape index (κ3) is 1.63. The average molecular weight is 255 g/mol. The van der Waals surface area contributed by atoms with Crippen LogP contribution in [0.2, 0.25) is 0 Å². The van der Waals surface area contributed by atoms with E-state index >= 15 is 0 Å². The minimum absolute atomic E-state index is 0.0400. The molecule has 0 amide bonds. The number of hydrogen-bond donors (Lipinski definition) is 1. The SMILES string of the molecule is O=C(O)Cn1ccc2ncc(Br)cc21. The molecule has 2 heterocycles. The van der Waals surface area contributed by atoms with E-state index in [1.807, 2.05) is 6.07 Å². The first-order valence-electron chi connectivity index (χ1n) is 3.99. The minimum Gasteiger partial charge on any atom is -0.480 e. The normalized spacial score (nSPS) is 10.6. The molecule has 2 aromatic heterocycles. The second kappa shape index (κ2) is 3.42. The maximum Gasteiger partial charge on any atom is 0.323 e. The highest BCUT2D eigenvalue weighted by atomic mass is 79.9. The summed E-state index contributed by atoms with van der Waals surface area (Å²) < 4.78 is 2.49. The van der Waals surface area contributed by atoms with E-state index in [2.05, 4.69) is 20.9 Å². The van der Waals surface area contributed by atoms with Crippen LogP contribution in [-0.4, -0.2) is 20.6 Å². The van der Waals surface area contributed by atoms with Gasteiger partial charge in [0, 0.05) is 16.9 Å². The molecule has 0 aromatic carbocycles. The Morgan fingerprint density at radius 3 is 3.14 bits per heavy atom. The molecule has 0 unspecified atom stereocenters. The van der Waals surface area contributed by atoms with Crippen molar-refractivity contribution in [2.24, 2.45) is 0 Å². The van der Waals surface area contributed by atoms with Gasteiger partial charge in [0.05, 0.1) is 11.0 Å². The lowest BCUT2D eigenvalue weighted by Gasteiger charge is -2.00. The van der Waals surface area contributed by atoms with Crippen LogP contribution in [0.5, 0.6) is 0 Å². The number of pyridine rings is 1. The Bertz CT molecular complexity index is 493. The van der Waals surface area contributed by atoms with Crippen LogP contribution in [0.25, 0.3) is 11.0 Å². The standard InChI is InChI=1S/C9H7BrN2O2/c10-6-3-8-7(11-4-6)1-2-12(8)5-9(13)14/h1-4H,5H2,(H,13,14). The topological polar surface area (TPSA) is 55.1 Å². The van der Waals surface area contributed by atoms with Gasteiger partial charge in [0.15, 0.2) is 0 Å². The van der Waals surface area contributed by atoms with Crippen LogP contribution in [0.1, 0.15) is 0 Å². The van der Waals surface area contributed by atoms with Crippen LogP contribution in [0.15, 0.2) is 29.0 Å². The number of fused-ring (bicyclic) bond motifs is 1. The fourth-order valence-electron chi connectivity index (χ4n) is 1.32. The quantitative estimate of drug-likeness (QED) is 0.891. The van der Waals surface area contributed by atoms with E-state index in [1.165, 1.54) is 0 Å². The van der Waals surface area contributed by atoms with Crippen molar-refractivity contribution in [1.29, 1.82) is 0 Å². The minimum atomic E-state index is -0.859. The van der Waals surface area contributed by atoms with Crippen molar-refractivity contribution >= 4 is 32.9 Å². The molecule has 14 heavy (non-hydrogen) atoms. The van der Waals surface area contributed by atoms with E-state index in [-0.39, 0.29) is 6.54 Å². The molecular weight excluding hydrogens is 248 g/mol. The van der Waals surface area contributed by atoms with Crippen LogP contribution >= 0.6 is 15.9 Å². The van der Waals surface area contributed by atoms with Crippen LogP contribution in [0.4, 0.5) is 0 Å². The van der Waals surface area contributed by atoms with Crippen LogP contribution in [-0.2, 0) is 11.3 Å². The van der Waals surface area contributed by atoms with E-state index < -0.39 is 5.97 Å². The summed E-state index contributed by atoms with van der Waals surface area (Å²) in [6.45, 7) is -0.0400. The van der Waals surface area contributed by atoms with Gasteiger partial charge in [-0.05, 0) is 28.1 Å². The number of aromatic nitrogens is 2. The van der Waals surface area contributed by atoms with Gasteiger partial charge in [0.25, 0.3) is 0 Å². The highest BCUT2D eigenvalue weighted by molar-refractivity contribution is 9.10. The number of rotatable bonds is 2. The lowest BCUT2D eigenvalue weighted by Crippen LogP contribution is -2.07. The van der Waals surface area contributed by atoms with Crippen LogP contribution in [0.3, 0.4) is 0 Å². The third-order valence-electron chi connectivity index (χ3n) is 1.89. The first kappa shape index (κ1) is 9.21. The molecule has 2 rings (SSSR count). The lowest BCUT2D eigenvalue weighted by atomic mass is 10.4. The Morgan fingerprint density at radius 2 is 2.43 bits per heavy atom. The number of carbonyl (C=O) groups is 1. The Balaban J connectivity index is 2.55. The monoisotopic (exact) mass is 254 g/mol. The molecule has 5 heteroatoms.